The van der Waals surface area contributed by atoms with E-state index >= 15 is 0 Å². The molecule has 1 unspecified atom stereocenters. The van der Waals surface area contributed by atoms with Crippen LogP contribution in [-0.2, 0) is 28.3 Å². The van der Waals surface area contributed by atoms with Gasteiger partial charge in [-0.05, 0) is 43.0 Å². The molecule has 3 aromatic rings. The van der Waals surface area contributed by atoms with Crippen LogP contribution in [0.4, 0.5) is 19.0 Å². The molecule has 1 saturated heterocycles. The van der Waals surface area contributed by atoms with Crippen LogP contribution in [-0.4, -0.2) is 33.7 Å². The predicted molar refractivity (Wildman–Crippen MR) is 132 cm³/mol. The van der Waals surface area contributed by atoms with Crippen LogP contribution in [0, 0.1) is 19.3 Å². The van der Waals surface area contributed by atoms with E-state index in [1.165, 1.54) is 36.9 Å². The maximum absolute atomic E-state index is 13.5. The Bertz CT molecular complexity index is 1450. The molecular formula is C26H26F3N5O3. The smallest absolute Gasteiger partial charge is 0.381 e. The largest absolute Gasteiger partial charge is 0.416 e. The summed E-state index contributed by atoms with van der Waals surface area (Å²) in [6, 6.07) is 4.51. The van der Waals surface area contributed by atoms with Crippen molar-refractivity contribution in [3.63, 3.8) is 0 Å². The molecule has 1 amide bonds. The summed E-state index contributed by atoms with van der Waals surface area (Å²) in [4.78, 5) is 34.0. The van der Waals surface area contributed by atoms with Crippen molar-refractivity contribution in [1.82, 2.24) is 19.9 Å². The van der Waals surface area contributed by atoms with Gasteiger partial charge in [0.2, 0.25) is 5.91 Å². The van der Waals surface area contributed by atoms with Gasteiger partial charge >= 0.3 is 6.18 Å². The monoisotopic (exact) mass is 513 g/mol. The van der Waals surface area contributed by atoms with Crippen LogP contribution in [0.2, 0.25) is 0 Å². The first-order valence-electron chi connectivity index (χ1n) is 11.6. The number of hydrogen-bond donors (Lipinski definition) is 2. The molecule has 2 N–H and O–H groups in total. The van der Waals surface area contributed by atoms with Gasteiger partial charge in [-0.2, -0.15) is 13.2 Å². The van der Waals surface area contributed by atoms with Gasteiger partial charge < -0.3 is 15.4 Å². The van der Waals surface area contributed by atoms with Crippen molar-refractivity contribution in [2.45, 2.75) is 44.4 Å². The molecular weight excluding hydrogens is 487 g/mol. The molecule has 8 nitrogen and oxygen atoms in total. The summed E-state index contributed by atoms with van der Waals surface area (Å²) in [6.45, 7) is 3.46. The molecule has 0 saturated carbocycles. The fourth-order valence-electron chi connectivity index (χ4n) is 4.87. The summed E-state index contributed by atoms with van der Waals surface area (Å²) in [5.74, 6) is 2.46. The predicted octanol–water partition coefficient (Wildman–Crippen LogP) is 3.58. The average molecular weight is 514 g/mol. The van der Waals surface area contributed by atoms with E-state index < -0.39 is 23.3 Å². The molecule has 1 aromatic carbocycles. The zero-order valence-corrected chi connectivity index (χ0v) is 20.6. The Morgan fingerprint density at radius 3 is 2.59 bits per heavy atom. The fourth-order valence-corrected chi connectivity index (χ4v) is 4.87. The lowest BCUT2D eigenvalue weighted by atomic mass is 9.82. The Labute approximate surface area is 211 Å². The lowest BCUT2D eigenvalue weighted by molar-refractivity contribution is -0.138. The fraction of sp³-hybridized carbons (Fsp3) is 0.385. The highest BCUT2D eigenvalue weighted by atomic mass is 19.4. The molecule has 0 radical (unpaired) electrons. The molecule has 194 valence electrons. The van der Waals surface area contributed by atoms with E-state index in [4.69, 9.17) is 11.2 Å². The van der Waals surface area contributed by atoms with Crippen molar-refractivity contribution in [1.29, 1.82) is 0 Å². The number of halogens is 3. The Kier molecular flexibility index (Phi) is 6.97. The van der Waals surface area contributed by atoms with Crippen LogP contribution in [0.25, 0.3) is 11.0 Å². The van der Waals surface area contributed by atoms with E-state index in [-0.39, 0.29) is 28.4 Å². The summed E-state index contributed by atoms with van der Waals surface area (Å²) < 4.78 is 47.3. The number of aromatic nitrogens is 3. The van der Waals surface area contributed by atoms with Crippen LogP contribution in [0.15, 0.2) is 35.4 Å². The highest BCUT2D eigenvalue weighted by Crippen LogP contribution is 2.36. The normalized spacial score (nSPS) is 16.1. The molecule has 1 aliphatic heterocycles. The number of pyridine rings is 1. The van der Waals surface area contributed by atoms with E-state index in [9.17, 15) is 22.8 Å². The first kappa shape index (κ1) is 26.2. The number of fused-ring (bicyclic) bond motifs is 1. The number of anilines is 1. The van der Waals surface area contributed by atoms with Crippen LogP contribution >= 0.6 is 0 Å². The average Bonchev–Trinajstić information content (AvgIpc) is 2.84. The second-order valence-corrected chi connectivity index (χ2v) is 9.02. The minimum Gasteiger partial charge on any atom is -0.381 e. The van der Waals surface area contributed by atoms with E-state index in [1.54, 1.807) is 13.1 Å². The zero-order valence-electron chi connectivity index (χ0n) is 20.6. The van der Waals surface area contributed by atoms with Crippen LogP contribution in [0.5, 0.6) is 0 Å². The molecule has 0 bridgehead atoms. The van der Waals surface area contributed by atoms with Gasteiger partial charge in [-0.1, -0.05) is 18.1 Å². The number of carbonyl (C=O) groups is 1. The van der Waals surface area contributed by atoms with Gasteiger partial charge in [0.15, 0.2) is 0 Å². The minimum atomic E-state index is -4.53. The minimum absolute atomic E-state index is 0.00344. The summed E-state index contributed by atoms with van der Waals surface area (Å²) in [7, 11) is 1.56. The first-order chi connectivity index (χ1) is 17.5. The SMILES string of the molecule is C#CC(Nc1ncnc2c1cc(C1(NC(C)=O)CCOCC1)c(=O)n2C)c1cccc(C(F)(F)F)c1C. The maximum atomic E-state index is 13.5. The lowest BCUT2D eigenvalue weighted by Crippen LogP contribution is -2.52. The van der Waals surface area contributed by atoms with Gasteiger partial charge in [0, 0.05) is 32.7 Å². The van der Waals surface area contributed by atoms with Crippen molar-refractivity contribution in [2.24, 2.45) is 7.05 Å². The number of benzene rings is 1. The second kappa shape index (κ2) is 9.86. The highest BCUT2D eigenvalue weighted by Gasteiger charge is 2.38. The third kappa shape index (κ3) is 4.89. The molecule has 2 aromatic heterocycles. The standard InChI is InChI=1S/C26H26F3N5O3/c1-5-21(17-7-6-8-19(15(17)2)26(27,28)29)32-22-18-13-20(24(36)34(4)23(18)31-14-30-22)25(33-16(3)35)9-11-37-12-10-25/h1,6-8,13-14,21H,9-12H2,2-4H3,(H,33,35)(H,30,31,32). The van der Waals surface area contributed by atoms with E-state index in [2.05, 4.69) is 26.5 Å². The summed E-state index contributed by atoms with van der Waals surface area (Å²) in [5.41, 5.74) is -1.16. The quantitative estimate of drug-likeness (QED) is 0.506. The molecule has 1 fully saturated rings. The number of nitrogens with one attached hydrogen (secondary N) is 2. The number of alkyl halides is 3. The van der Waals surface area contributed by atoms with Crippen molar-refractivity contribution in [3.05, 3.63) is 63.2 Å². The van der Waals surface area contributed by atoms with E-state index in [0.717, 1.165) is 6.07 Å². The molecule has 0 aliphatic carbocycles. The third-order valence-electron chi connectivity index (χ3n) is 6.72. The summed E-state index contributed by atoms with van der Waals surface area (Å²) in [5, 5.41) is 6.42. The van der Waals surface area contributed by atoms with E-state index in [0.29, 0.717) is 42.7 Å². The van der Waals surface area contributed by atoms with Crippen LogP contribution in [0.1, 0.15) is 48.1 Å². The van der Waals surface area contributed by atoms with Crippen molar-refractivity contribution in [2.75, 3.05) is 18.5 Å². The molecule has 1 aliphatic rings. The van der Waals surface area contributed by atoms with Crippen molar-refractivity contribution in [3.8, 4) is 12.3 Å². The van der Waals surface area contributed by atoms with Crippen molar-refractivity contribution >= 4 is 22.8 Å². The van der Waals surface area contributed by atoms with Gasteiger partial charge in [0.25, 0.3) is 5.56 Å². The van der Waals surface area contributed by atoms with Gasteiger partial charge in [-0.3, -0.25) is 14.2 Å². The van der Waals surface area contributed by atoms with Gasteiger partial charge in [-0.15, -0.1) is 6.42 Å². The van der Waals surface area contributed by atoms with Gasteiger partial charge in [0.05, 0.1) is 16.5 Å². The molecule has 0 spiro atoms. The lowest BCUT2D eigenvalue weighted by Gasteiger charge is -2.38. The maximum Gasteiger partial charge on any atom is 0.416 e. The Hall–Kier alpha value is -3.91. The number of aryl methyl sites for hydroxylation is 1. The molecule has 3 heterocycles. The van der Waals surface area contributed by atoms with Crippen molar-refractivity contribution < 1.29 is 22.7 Å². The Morgan fingerprint density at radius 1 is 1.27 bits per heavy atom. The van der Waals surface area contributed by atoms with Gasteiger partial charge in [0.1, 0.15) is 23.8 Å². The second-order valence-electron chi connectivity index (χ2n) is 9.02. The number of rotatable bonds is 5. The molecule has 4 rings (SSSR count). The number of amides is 1. The number of carbonyl (C=O) groups excluding carboxylic acids is 1. The third-order valence-corrected chi connectivity index (χ3v) is 6.72. The molecule has 1 atom stereocenters. The zero-order chi connectivity index (χ0) is 27.0. The number of ether oxygens (including phenoxy) is 1. The Morgan fingerprint density at radius 2 is 1.97 bits per heavy atom. The molecule has 11 heteroatoms. The summed E-state index contributed by atoms with van der Waals surface area (Å²) in [6.07, 6.45) is 3.24. The Balaban J connectivity index is 1.86. The molecule has 37 heavy (non-hydrogen) atoms. The summed E-state index contributed by atoms with van der Waals surface area (Å²) >= 11 is 0. The number of hydrogen-bond acceptors (Lipinski definition) is 6. The van der Waals surface area contributed by atoms with Crippen LogP contribution in [0.3, 0.4) is 0 Å². The topological polar surface area (TPSA) is 98.1 Å². The van der Waals surface area contributed by atoms with Crippen LogP contribution < -0.4 is 16.2 Å². The highest BCUT2D eigenvalue weighted by molar-refractivity contribution is 5.88. The van der Waals surface area contributed by atoms with E-state index in [1.807, 2.05) is 0 Å². The number of nitrogens with zero attached hydrogens (tertiary/aromatic N) is 3. The first-order valence-corrected chi connectivity index (χ1v) is 11.6. The number of terminal acetylenes is 1. The van der Waals surface area contributed by atoms with Gasteiger partial charge in [-0.25, -0.2) is 9.97 Å².